The minimum absolute atomic E-state index is 0.0769. The molecule has 1 aromatic carbocycles. The first-order chi connectivity index (χ1) is 11.8. The molecule has 0 aliphatic heterocycles. The van der Waals surface area contributed by atoms with Gasteiger partial charge in [0.2, 0.25) is 15.9 Å². The van der Waals surface area contributed by atoms with Crippen LogP contribution in [0.2, 0.25) is 0 Å². The number of nitrogens with one attached hydrogen (secondary N) is 2. The second kappa shape index (κ2) is 10.00. The van der Waals surface area contributed by atoms with Gasteiger partial charge in [0.25, 0.3) is 0 Å². The summed E-state index contributed by atoms with van der Waals surface area (Å²) >= 11 is 0. The van der Waals surface area contributed by atoms with Crippen LogP contribution in [0.25, 0.3) is 0 Å². The largest absolute Gasteiger partial charge is 0.497 e. The van der Waals surface area contributed by atoms with Crippen molar-refractivity contribution in [1.82, 2.24) is 10.0 Å². The number of hydrogen-bond donors (Lipinski definition) is 3. The topological polar surface area (TPSA) is 122 Å². The molecule has 1 rings (SSSR count). The number of carboxylic acid groups (broad SMARTS) is 1. The van der Waals surface area contributed by atoms with Crippen LogP contribution in [-0.4, -0.2) is 45.1 Å². The standard InChI is InChI=1S/C16H24N2O6S/c1-3-4-11-17-15(19)10-9-14(16(20)21)18-25(22,23)13-7-5-12(24-2)6-8-13/h5-8,14,18H,3-4,9-11H2,1-2H3,(H,17,19)(H,20,21)/t14-/m0/s1. The van der Waals surface area contributed by atoms with Crippen molar-refractivity contribution in [3.63, 3.8) is 0 Å². The average molecular weight is 372 g/mol. The molecule has 1 atom stereocenters. The molecule has 0 spiro atoms. The zero-order chi connectivity index (χ0) is 18.9. The van der Waals surface area contributed by atoms with Crippen LogP contribution in [0, 0.1) is 0 Å². The van der Waals surface area contributed by atoms with Gasteiger partial charge in [-0.1, -0.05) is 13.3 Å². The molecular formula is C16H24N2O6S. The lowest BCUT2D eigenvalue weighted by Gasteiger charge is -2.15. The van der Waals surface area contributed by atoms with E-state index in [4.69, 9.17) is 4.74 Å². The number of carboxylic acids is 1. The number of hydrogen-bond acceptors (Lipinski definition) is 5. The Morgan fingerprint density at radius 1 is 1.24 bits per heavy atom. The van der Waals surface area contributed by atoms with Crippen LogP contribution >= 0.6 is 0 Å². The zero-order valence-corrected chi connectivity index (χ0v) is 15.1. The van der Waals surface area contributed by atoms with Crippen molar-refractivity contribution in [3.05, 3.63) is 24.3 Å². The van der Waals surface area contributed by atoms with Crippen LogP contribution in [0.3, 0.4) is 0 Å². The van der Waals surface area contributed by atoms with E-state index in [1.165, 1.54) is 31.4 Å². The maximum absolute atomic E-state index is 12.3. The van der Waals surface area contributed by atoms with Gasteiger partial charge < -0.3 is 15.2 Å². The smallest absolute Gasteiger partial charge is 0.321 e. The van der Waals surface area contributed by atoms with Crippen LogP contribution in [-0.2, 0) is 19.6 Å². The maximum Gasteiger partial charge on any atom is 0.321 e. The van der Waals surface area contributed by atoms with Crippen molar-refractivity contribution >= 4 is 21.9 Å². The van der Waals surface area contributed by atoms with Gasteiger partial charge in [-0.2, -0.15) is 4.72 Å². The number of ether oxygens (including phenoxy) is 1. The summed E-state index contributed by atoms with van der Waals surface area (Å²) in [6.45, 7) is 2.51. The van der Waals surface area contributed by atoms with Crippen molar-refractivity contribution in [3.8, 4) is 5.75 Å². The Balaban J connectivity index is 2.69. The molecule has 1 aromatic rings. The van der Waals surface area contributed by atoms with Crippen LogP contribution in [0.5, 0.6) is 5.75 Å². The Bertz CT molecular complexity index is 672. The molecule has 0 unspecified atom stereocenters. The highest BCUT2D eigenvalue weighted by Crippen LogP contribution is 2.16. The van der Waals surface area contributed by atoms with Gasteiger partial charge in [-0.25, -0.2) is 8.42 Å². The predicted molar refractivity (Wildman–Crippen MR) is 91.9 cm³/mol. The third kappa shape index (κ3) is 7.10. The summed E-state index contributed by atoms with van der Waals surface area (Å²) in [5.41, 5.74) is 0. The first kappa shape index (κ1) is 20.9. The number of sulfonamides is 1. The van der Waals surface area contributed by atoms with Gasteiger partial charge in [-0.3, -0.25) is 9.59 Å². The van der Waals surface area contributed by atoms with E-state index in [1.54, 1.807) is 0 Å². The Labute approximate surface area is 147 Å². The van der Waals surface area contributed by atoms with Crippen LogP contribution in [0.4, 0.5) is 0 Å². The predicted octanol–water partition coefficient (Wildman–Crippen LogP) is 1.12. The molecule has 140 valence electrons. The number of benzene rings is 1. The Hall–Kier alpha value is -2.13. The number of carbonyl (C=O) groups is 2. The normalized spacial score (nSPS) is 12.4. The lowest BCUT2D eigenvalue weighted by Crippen LogP contribution is -2.41. The van der Waals surface area contributed by atoms with E-state index in [9.17, 15) is 23.1 Å². The van der Waals surface area contributed by atoms with Gasteiger partial charge in [0, 0.05) is 13.0 Å². The molecule has 9 heteroatoms. The molecule has 0 saturated heterocycles. The van der Waals surface area contributed by atoms with Crippen LogP contribution in [0.15, 0.2) is 29.2 Å². The second-order valence-electron chi connectivity index (χ2n) is 5.43. The summed E-state index contributed by atoms with van der Waals surface area (Å²) in [6.07, 6.45) is 1.55. The van der Waals surface area contributed by atoms with Crippen molar-refractivity contribution in [2.24, 2.45) is 0 Å². The highest BCUT2D eigenvalue weighted by Gasteiger charge is 2.26. The SMILES string of the molecule is CCCCNC(=O)CC[C@H](NS(=O)(=O)c1ccc(OC)cc1)C(=O)O. The van der Waals surface area contributed by atoms with Crippen LogP contribution < -0.4 is 14.8 Å². The van der Waals surface area contributed by atoms with E-state index in [2.05, 4.69) is 10.0 Å². The van der Waals surface area contributed by atoms with Crippen molar-refractivity contribution < 1.29 is 27.9 Å². The van der Waals surface area contributed by atoms with Crippen molar-refractivity contribution in [2.75, 3.05) is 13.7 Å². The van der Waals surface area contributed by atoms with Gasteiger partial charge in [0.05, 0.1) is 12.0 Å². The number of amides is 1. The summed E-state index contributed by atoms with van der Waals surface area (Å²) in [5.74, 6) is -1.15. The fraction of sp³-hybridized carbons (Fsp3) is 0.500. The minimum Gasteiger partial charge on any atom is -0.497 e. The van der Waals surface area contributed by atoms with E-state index < -0.39 is 22.0 Å². The molecule has 3 N–H and O–H groups in total. The molecule has 25 heavy (non-hydrogen) atoms. The first-order valence-corrected chi connectivity index (χ1v) is 9.44. The summed E-state index contributed by atoms with van der Waals surface area (Å²) in [6, 6.07) is 4.18. The third-order valence-corrected chi connectivity index (χ3v) is 4.97. The number of unbranched alkanes of at least 4 members (excludes halogenated alkanes) is 1. The molecule has 1 amide bonds. The molecule has 0 fully saturated rings. The number of methoxy groups -OCH3 is 1. The third-order valence-electron chi connectivity index (χ3n) is 3.48. The molecule has 8 nitrogen and oxygen atoms in total. The molecule has 0 heterocycles. The van der Waals surface area contributed by atoms with E-state index in [1.807, 2.05) is 6.92 Å². The van der Waals surface area contributed by atoms with Gasteiger partial charge in [-0.15, -0.1) is 0 Å². The molecule has 0 bridgehead atoms. The molecule has 0 saturated carbocycles. The summed E-state index contributed by atoms with van der Waals surface area (Å²) in [4.78, 5) is 22.9. The number of aliphatic carboxylic acids is 1. The fourth-order valence-corrected chi connectivity index (χ4v) is 3.24. The van der Waals surface area contributed by atoms with Gasteiger partial charge in [0.15, 0.2) is 0 Å². The quantitative estimate of drug-likeness (QED) is 0.501. The maximum atomic E-state index is 12.3. The van der Waals surface area contributed by atoms with Crippen molar-refractivity contribution in [1.29, 1.82) is 0 Å². The minimum atomic E-state index is -4.02. The fourth-order valence-electron chi connectivity index (χ4n) is 2.01. The Kier molecular flexibility index (Phi) is 8.36. The molecule has 0 aliphatic rings. The highest BCUT2D eigenvalue weighted by atomic mass is 32.2. The lowest BCUT2D eigenvalue weighted by atomic mass is 10.1. The molecule has 0 radical (unpaired) electrons. The highest BCUT2D eigenvalue weighted by molar-refractivity contribution is 7.89. The summed E-state index contributed by atoms with van der Waals surface area (Å²) in [5, 5.41) is 11.9. The monoisotopic (exact) mass is 372 g/mol. The average Bonchev–Trinajstić information content (AvgIpc) is 2.58. The van der Waals surface area contributed by atoms with E-state index in [-0.39, 0.29) is 23.6 Å². The van der Waals surface area contributed by atoms with Crippen LogP contribution in [0.1, 0.15) is 32.6 Å². The summed E-state index contributed by atoms with van der Waals surface area (Å²) in [7, 11) is -2.56. The number of carbonyl (C=O) groups excluding carboxylic acids is 1. The molecular weight excluding hydrogens is 348 g/mol. The zero-order valence-electron chi connectivity index (χ0n) is 14.3. The lowest BCUT2D eigenvalue weighted by molar-refractivity contribution is -0.139. The Morgan fingerprint density at radius 2 is 1.88 bits per heavy atom. The summed E-state index contributed by atoms with van der Waals surface area (Å²) < 4.78 is 31.6. The van der Waals surface area contributed by atoms with Gasteiger partial charge in [0.1, 0.15) is 11.8 Å². The van der Waals surface area contributed by atoms with E-state index in [0.29, 0.717) is 12.3 Å². The first-order valence-electron chi connectivity index (χ1n) is 7.96. The van der Waals surface area contributed by atoms with Gasteiger partial charge >= 0.3 is 5.97 Å². The second-order valence-corrected chi connectivity index (χ2v) is 7.14. The van der Waals surface area contributed by atoms with E-state index >= 15 is 0 Å². The van der Waals surface area contributed by atoms with E-state index in [0.717, 1.165) is 12.8 Å². The molecule has 0 aliphatic carbocycles. The number of rotatable bonds is 11. The van der Waals surface area contributed by atoms with Gasteiger partial charge in [-0.05, 0) is 37.1 Å². The molecule has 0 aromatic heterocycles. The Morgan fingerprint density at radius 3 is 2.40 bits per heavy atom. The van der Waals surface area contributed by atoms with Crippen molar-refractivity contribution in [2.45, 2.75) is 43.5 Å².